The molecule has 0 aliphatic carbocycles. The van der Waals surface area contributed by atoms with Gasteiger partial charge in [-0.05, 0) is 60.9 Å². The van der Waals surface area contributed by atoms with Gasteiger partial charge in [-0.3, -0.25) is 4.79 Å². The number of hydrogen-bond acceptors (Lipinski definition) is 4. The second-order valence-electron chi connectivity index (χ2n) is 9.44. The fourth-order valence-electron chi connectivity index (χ4n) is 4.96. The molecule has 1 N–H and O–H groups in total. The van der Waals surface area contributed by atoms with Gasteiger partial charge in [-0.15, -0.1) is 0 Å². The van der Waals surface area contributed by atoms with Gasteiger partial charge in [0.1, 0.15) is 0 Å². The van der Waals surface area contributed by atoms with Crippen LogP contribution in [0.2, 0.25) is 0 Å². The summed E-state index contributed by atoms with van der Waals surface area (Å²) in [6.07, 6.45) is 2.06. The molecule has 2 aromatic carbocycles. The van der Waals surface area contributed by atoms with Crippen LogP contribution >= 0.6 is 0 Å². The van der Waals surface area contributed by atoms with Gasteiger partial charge in [0.15, 0.2) is 0 Å². The Morgan fingerprint density at radius 2 is 1.72 bits per heavy atom. The Morgan fingerprint density at radius 3 is 2.44 bits per heavy atom. The second kappa shape index (κ2) is 9.63. The molecule has 3 unspecified atom stereocenters. The van der Waals surface area contributed by atoms with E-state index in [0.717, 1.165) is 25.9 Å². The van der Waals surface area contributed by atoms with E-state index in [1.165, 1.54) is 11.8 Å². The Bertz CT molecular complexity index is 1030. The van der Waals surface area contributed by atoms with Crippen LogP contribution < -0.4 is 10.2 Å². The van der Waals surface area contributed by atoms with Crippen molar-refractivity contribution in [2.45, 2.75) is 31.6 Å². The van der Waals surface area contributed by atoms with Crippen molar-refractivity contribution in [2.24, 2.45) is 17.8 Å². The first-order chi connectivity index (χ1) is 15.3. The van der Waals surface area contributed by atoms with Crippen molar-refractivity contribution in [1.29, 1.82) is 0 Å². The molecule has 2 saturated heterocycles. The number of sulfonamides is 1. The van der Waals surface area contributed by atoms with E-state index >= 15 is 0 Å². The van der Waals surface area contributed by atoms with Gasteiger partial charge in [0, 0.05) is 44.0 Å². The van der Waals surface area contributed by atoms with Gasteiger partial charge in [-0.2, -0.15) is 4.31 Å². The Morgan fingerprint density at radius 1 is 1.00 bits per heavy atom. The summed E-state index contributed by atoms with van der Waals surface area (Å²) >= 11 is 0. The molecule has 0 spiro atoms. The molecule has 0 bridgehead atoms. The van der Waals surface area contributed by atoms with Crippen LogP contribution in [-0.4, -0.2) is 51.4 Å². The van der Waals surface area contributed by atoms with Crippen molar-refractivity contribution < 1.29 is 13.2 Å². The number of nitrogens with zero attached hydrogens (tertiary/aromatic N) is 2. The van der Waals surface area contributed by atoms with Crippen molar-refractivity contribution in [3.05, 3.63) is 60.2 Å². The second-order valence-corrected chi connectivity index (χ2v) is 11.4. The Hall–Kier alpha value is -2.38. The third-order valence-electron chi connectivity index (χ3n) is 6.53. The van der Waals surface area contributed by atoms with Crippen LogP contribution in [0.25, 0.3) is 0 Å². The van der Waals surface area contributed by atoms with Crippen LogP contribution in [0.5, 0.6) is 0 Å². The molecule has 0 aromatic heterocycles. The molecule has 2 aliphatic heterocycles. The van der Waals surface area contributed by atoms with E-state index < -0.39 is 10.0 Å². The standard InChI is InChI=1S/C25H33N3O3S/c1-19-13-20(2)17-28(16-19)32(30,31)24-10-6-7-22(14-24)25(29)26-15-21-11-12-27(18-21)23-8-4-3-5-9-23/h3-10,14,19-21H,11-13,15-18H2,1-2H3,(H,26,29). The predicted molar refractivity (Wildman–Crippen MR) is 127 cm³/mol. The monoisotopic (exact) mass is 455 g/mol. The Balaban J connectivity index is 1.37. The van der Waals surface area contributed by atoms with Gasteiger partial charge >= 0.3 is 0 Å². The van der Waals surface area contributed by atoms with E-state index in [9.17, 15) is 13.2 Å². The van der Waals surface area contributed by atoms with Crippen LogP contribution in [0, 0.1) is 17.8 Å². The maximum Gasteiger partial charge on any atom is 0.251 e. The molecule has 2 aromatic rings. The van der Waals surface area contributed by atoms with Crippen molar-refractivity contribution in [2.75, 3.05) is 37.6 Å². The van der Waals surface area contributed by atoms with Crippen LogP contribution in [0.3, 0.4) is 0 Å². The predicted octanol–water partition coefficient (Wildman–Crippen LogP) is 3.61. The molecular formula is C25H33N3O3S. The summed E-state index contributed by atoms with van der Waals surface area (Å²) in [5.74, 6) is 0.826. The molecule has 6 nitrogen and oxygen atoms in total. The summed E-state index contributed by atoms with van der Waals surface area (Å²) in [5.41, 5.74) is 1.60. The van der Waals surface area contributed by atoms with Crippen LogP contribution in [0.15, 0.2) is 59.5 Å². The normalized spacial score (nSPS) is 24.4. The largest absolute Gasteiger partial charge is 0.371 e. The molecule has 1 amide bonds. The van der Waals surface area contributed by atoms with E-state index in [1.54, 1.807) is 22.5 Å². The van der Waals surface area contributed by atoms with Crippen LogP contribution in [0.1, 0.15) is 37.0 Å². The molecular weight excluding hydrogens is 422 g/mol. The van der Waals surface area contributed by atoms with Crippen molar-refractivity contribution >= 4 is 21.6 Å². The molecule has 4 rings (SSSR count). The van der Waals surface area contributed by atoms with Gasteiger partial charge in [0.25, 0.3) is 5.91 Å². The van der Waals surface area contributed by atoms with Crippen LogP contribution in [-0.2, 0) is 10.0 Å². The number of nitrogens with one attached hydrogen (secondary N) is 1. The first-order valence-electron chi connectivity index (χ1n) is 11.5. The number of amides is 1. The average Bonchev–Trinajstić information content (AvgIpc) is 3.26. The first-order valence-corrected chi connectivity index (χ1v) is 13.0. The quantitative estimate of drug-likeness (QED) is 0.723. The summed E-state index contributed by atoms with van der Waals surface area (Å²) in [4.78, 5) is 15.3. The maximum absolute atomic E-state index is 13.2. The number of anilines is 1. The van der Waals surface area contributed by atoms with Gasteiger partial charge in [0.05, 0.1) is 4.90 Å². The fourth-order valence-corrected chi connectivity index (χ4v) is 6.69. The lowest BCUT2D eigenvalue weighted by Crippen LogP contribution is -2.42. The minimum Gasteiger partial charge on any atom is -0.371 e. The molecule has 0 saturated carbocycles. The summed E-state index contributed by atoms with van der Waals surface area (Å²) in [5, 5.41) is 3.01. The van der Waals surface area contributed by atoms with Gasteiger partial charge < -0.3 is 10.2 Å². The highest BCUT2D eigenvalue weighted by atomic mass is 32.2. The number of hydrogen-bond donors (Lipinski definition) is 1. The van der Waals surface area contributed by atoms with Crippen molar-refractivity contribution in [1.82, 2.24) is 9.62 Å². The minimum absolute atomic E-state index is 0.197. The lowest BCUT2D eigenvalue weighted by Gasteiger charge is -2.34. The number of rotatable bonds is 6. The van der Waals surface area contributed by atoms with E-state index in [1.807, 2.05) is 18.2 Å². The summed E-state index contributed by atoms with van der Waals surface area (Å²) in [6.45, 7) is 7.70. The van der Waals surface area contributed by atoms with E-state index in [0.29, 0.717) is 43.0 Å². The zero-order valence-corrected chi connectivity index (χ0v) is 19.7. The number of carbonyl (C=O) groups is 1. The zero-order chi connectivity index (χ0) is 22.7. The van der Waals surface area contributed by atoms with E-state index in [-0.39, 0.29) is 10.8 Å². The lowest BCUT2D eigenvalue weighted by molar-refractivity contribution is 0.0948. The number of benzene rings is 2. The van der Waals surface area contributed by atoms with Gasteiger partial charge in [-0.1, -0.05) is 38.1 Å². The third-order valence-corrected chi connectivity index (χ3v) is 8.36. The number of carbonyl (C=O) groups excluding carboxylic acids is 1. The van der Waals surface area contributed by atoms with Crippen LogP contribution in [0.4, 0.5) is 5.69 Å². The fraction of sp³-hybridized carbons (Fsp3) is 0.480. The first kappa shape index (κ1) is 22.8. The number of para-hydroxylation sites is 1. The smallest absolute Gasteiger partial charge is 0.251 e. The SMILES string of the molecule is CC1CC(C)CN(S(=O)(=O)c2cccc(C(=O)NCC3CCN(c4ccccc4)C3)c2)C1. The maximum atomic E-state index is 13.2. The highest BCUT2D eigenvalue weighted by Gasteiger charge is 2.32. The molecule has 2 aliphatic rings. The lowest BCUT2D eigenvalue weighted by atomic mass is 9.94. The highest BCUT2D eigenvalue weighted by molar-refractivity contribution is 7.89. The van der Waals surface area contributed by atoms with E-state index in [4.69, 9.17) is 0 Å². The summed E-state index contributed by atoms with van der Waals surface area (Å²) < 4.78 is 27.9. The zero-order valence-electron chi connectivity index (χ0n) is 18.9. The van der Waals surface area contributed by atoms with Crippen molar-refractivity contribution in [3.63, 3.8) is 0 Å². The average molecular weight is 456 g/mol. The molecule has 0 radical (unpaired) electrons. The topological polar surface area (TPSA) is 69.7 Å². The van der Waals surface area contributed by atoms with E-state index in [2.05, 4.69) is 36.2 Å². The molecule has 32 heavy (non-hydrogen) atoms. The summed E-state index contributed by atoms with van der Waals surface area (Å²) in [6, 6.07) is 16.7. The minimum atomic E-state index is -3.61. The van der Waals surface area contributed by atoms with Gasteiger partial charge in [-0.25, -0.2) is 8.42 Å². The third kappa shape index (κ3) is 5.15. The highest BCUT2D eigenvalue weighted by Crippen LogP contribution is 2.27. The molecule has 2 heterocycles. The molecule has 3 atom stereocenters. The Labute approximate surface area is 191 Å². The van der Waals surface area contributed by atoms with Crippen molar-refractivity contribution in [3.8, 4) is 0 Å². The van der Waals surface area contributed by atoms with Gasteiger partial charge in [0.2, 0.25) is 10.0 Å². The molecule has 172 valence electrons. The molecule has 7 heteroatoms. The molecule has 2 fully saturated rings. The Kier molecular flexibility index (Phi) is 6.86. The summed E-state index contributed by atoms with van der Waals surface area (Å²) in [7, 11) is -3.61. The number of piperidine rings is 1.